The minimum Gasteiger partial charge on any atom is -0.385 e. The van der Waals surface area contributed by atoms with Gasteiger partial charge in [-0.15, -0.1) is 0 Å². The molecule has 2 rings (SSSR count). The first kappa shape index (κ1) is 14.7. The summed E-state index contributed by atoms with van der Waals surface area (Å²) >= 11 is 0. The maximum Gasteiger partial charge on any atom is 0.239 e. The van der Waals surface area contributed by atoms with Gasteiger partial charge in [0.15, 0.2) is 0 Å². The minimum absolute atomic E-state index is 0.0812. The van der Waals surface area contributed by atoms with Gasteiger partial charge in [0.05, 0.1) is 6.54 Å². The van der Waals surface area contributed by atoms with Crippen molar-refractivity contribution in [2.45, 2.75) is 39.7 Å². The molecule has 20 heavy (non-hydrogen) atoms. The number of amides is 1. The van der Waals surface area contributed by atoms with Crippen LogP contribution < -0.4 is 15.5 Å². The molecular weight excluding hydrogens is 250 g/mol. The first-order chi connectivity index (χ1) is 9.60. The molecule has 0 radical (unpaired) electrons. The zero-order valence-electron chi connectivity index (χ0n) is 12.7. The Morgan fingerprint density at radius 3 is 2.95 bits per heavy atom. The smallest absolute Gasteiger partial charge is 0.239 e. The van der Waals surface area contributed by atoms with E-state index in [1.807, 2.05) is 13.8 Å². The number of nitrogens with one attached hydrogen (secondary N) is 2. The van der Waals surface area contributed by atoms with Gasteiger partial charge in [0, 0.05) is 30.5 Å². The Morgan fingerprint density at radius 1 is 1.45 bits per heavy atom. The molecule has 4 heteroatoms. The van der Waals surface area contributed by atoms with E-state index in [0.717, 1.165) is 25.2 Å². The van der Waals surface area contributed by atoms with Gasteiger partial charge in [-0.25, -0.2) is 0 Å². The second kappa shape index (κ2) is 6.64. The average molecular weight is 275 g/mol. The third-order valence-corrected chi connectivity index (χ3v) is 3.56. The van der Waals surface area contributed by atoms with E-state index in [0.29, 0.717) is 6.54 Å². The van der Waals surface area contributed by atoms with E-state index in [2.05, 4.69) is 40.7 Å². The van der Waals surface area contributed by atoms with E-state index >= 15 is 0 Å². The highest BCUT2D eigenvalue weighted by molar-refractivity contribution is 5.81. The minimum atomic E-state index is 0.0812. The molecule has 0 aliphatic carbocycles. The third-order valence-electron chi connectivity index (χ3n) is 3.56. The molecule has 1 heterocycles. The summed E-state index contributed by atoms with van der Waals surface area (Å²) in [5.74, 6) is 0.0812. The number of rotatable bonds is 5. The summed E-state index contributed by atoms with van der Waals surface area (Å²) in [4.78, 5) is 14.0. The first-order valence-corrected chi connectivity index (χ1v) is 7.51. The second-order valence-electron chi connectivity index (χ2n) is 5.61. The first-order valence-electron chi connectivity index (χ1n) is 7.51. The van der Waals surface area contributed by atoms with Crippen LogP contribution in [0, 0.1) is 0 Å². The normalized spacial score (nSPS) is 13.6. The van der Waals surface area contributed by atoms with Gasteiger partial charge in [-0.2, -0.15) is 0 Å². The summed E-state index contributed by atoms with van der Waals surface area (Å²) in [5, 5.41) is 6.36. The maximum atomic E-state index is 11.9. The Morgan fingerprint density at radius 2 is 2.25 bits per heavy atom. The molecule has 0 aromatic heterocycles. The van der Waals surface area contributed by atoms with Gasteiger partial charge in [0.2, 0.25) is 5.91 Å². The van der Waals surface area contributed by atoms with Gasteiger partial charge in [0.25, 0.3) is 0 Å². The van der Waals surface area contributed by atoms with Crippen LogP contribution in [-0.4, -0.2) is 31.6 Å². The number of aryl methyl sites for hydroxylation is 1. The number of hydrogen-bond acceptors (Lipinski definition) is 3. The monoisotopic (exact) mass is 275 g/mol. The zero-order chi connectivity index (χ0) is 14.5. The molecule has 0 fully saturated rings. The highest BCUT2D eigenvalue weighted by Gasteiger charge is 2.14. The van der Waals surface area contributed by atoms with Gasteiger partial charge in [-0.1, -0.05) is 0 Å². The SMILES string of the molecule is CCN(CC(=O)NC(C)C)c1ccc2c(c1)CCCN2. The lowest BCUT2D eigenvalue weighted by atomic mass is 10.0. The van der Waals surface area contributed by atoms with Gasteiger partial charge in [-0.05, 0) is 57.4 Å². The fraction of sp³-hybridized carbons (Fsp3) is 0.562. The number of anilines is 2. The van der Waals surface area contributed by atoms with E-state index in [1.165, 1.54) is 17.7 Å². The molecule has 1 aromatic rings. The number of benzene rings is 1. The highest BCUT2D eigenvalue weighted by atomic mass is 16.2. The molecule has 0 spiro atoms. The molecule has 0 saturated heterocycles. The van der Waals surface area contributed by atoms with Crippen molar-refractivity contribution >= 4 is 17.3 Å². The molecule has 0 atom stereocenters. The van der Waals surface area contributed by atoms with Crippen LogP contribution in [0.1, 0.15) is 32.8 Å². The van der Waals surface area contributed by atoms with Crippen molar-refractivity contribution in [2.75, 3.05) is 29.9 Å². The van der Waals surface area contributed by atoms with Crippen molar-refractivity contribution in [1.82, 2.24) is 5.32 Å². The number of carbonyl (C=O) groups is 1. The van der Waals surface area contributed by atoms with E-state index in [1.54, 1.807) is 0 Å². The van der Waals surface area contributed by atoms with Crippen molar-refractivity contribution in [3.63, 3.8) is 0 Å². The van der Waals surface area contributed by atoms with Gasteiger partial charge in [-0.3, -0.25) is 4.79 Å². The van der Waals surface area contributed by atoms with Crippen LogP contribution in [0.5, 0.6) is 0 Å². The molecular formula is C16H25N3O. The van der Waals surface area contributed by atoms with Crippen LogP contribution in [-0.2, 0) is 11.2 Å². The van der Waals surface area contributed by atoms with Crippen molar-refractivity contribution in [3.8, 4) is 0 Å². The topological polar surface area (TPSA) is 44.4 Å². The van der Waals surface area contributed by atoms with Crippen LogP contribution in [0.3, 0.4) is 0 Å². The van der Waals surface area contributed by atoms with Crippen LogP contribution in [0.25, 0.3) is 0 Å². The van der Waals surface area contributed by atoms with Crippen molar-refractivity contribution < 1.29 is 4.79 Å². The van der Waals surface area contributed by atoms with Crippen LogP contribution in [0.4, 0.5) is 11.4 Å². The van der Waals surface area contributed by atoms with Gasteiger partial charge in [0.1, 0.15) is 0 Å². The lowest BCUT2D eigenvalue weighted by Crippen LogP contribution is -2.40. The Kier molecular flexibility index (Phi) is 4.88. The average Bonchev–Trinajstić information content (AvgIpc) is 2.43. The number of likely N-dealkylation sites (N-methyl/N-ethyl adjacent to an activating group) is 1. The number of nitrogens with zero attached hydrogens (tertiary/aromatic N) is 1. The summed E-state index contributed by atoms with van der Waals surface area (Å²) in [5.41, 5.74) is 3.73. The van der Waals surface area contributed by atoms with Gasteiger partial charge < -0.3 is 15.5 Å². The Labute approximate surface area is 121 Å². The maximum absolute atomic E-state index is 11.9. The predicted octanol–water partition coefficient (Wildman–Crippen LogP) is 2.40. The predicted molar refractivity (Wildman–Crippen MR) is 84.4 cm³/mol. The van der Waals surface area contributed by atoms with Crippen LogP contribution >= 0.6 is 0 Å². The molecule has 1 aromatic carbocycles. The van der Waals surface area contributed by atoms with E-state index in [-0.39, 0.29) is 11.9 Å². The zero-order valence-corrected chi connectivity index (χ0v) is 12.7. The summed E-state index contributed by atoms with van der Waals surface area (Å²) in [6.45, 7) is 8.36. The summed E-state index contributed by atoms with van der Waals surface area (Å²) < 4.78 is 0. The number of fused-ring (bicyclic) bond motifs is 1. The molecule has 0 unspecified atom stereocenters. The second-order valence-corrected chi connectivity index (χ2v) is 5.61. The van der Waals surface area contributed by atoms with Crippen molar-refractivity contribution in [2.24, 2.45) is 0 Å². The standard InChI is InChI=1S/C16H25N3O/c1-4-19(11-16(20)18-12(2)3)14-7-8-15-13(10-14)6-5-9-17-15/h7-8,10,12,17H,4-6,9,11H2,1-3H3,(H,18,20). The summed E-state index contributed by atoms with van der Waals surface area (Å²) in [6.07, 6.45) is 2.29. The van der Waals surface area contributed by atoms with E-state index in [9.17, 15) is 4.79 Å². The van der Waals surface area contributed by atoms with E-state index in [4.69, 9.17) is 0 Å². The molecule has 4 nitrogen and oxygen atoms in total. The molecule has 1 aliphatic heterocycles. The van der Waals surface area contributed by atoms with Crippen LogP contribution in [0.15, 0.2) is 18.2 Å². The Balaban J connectivity index is 2.09. The summed E-state index contributed by atoms with van der Waals surface area (Å²) in [6, 6.07) is 6.64. The molecule has 1 aliphatic rings. The summed E-state index contributed by atoms with van der Waals surface area (Å²) in [7, 11) is 0. The lowest BCUT2D eigenvalue weighted by molar-refractivity contribution is -0.120. The molecule has 2 N–H and O–H groups in total. The highest BCUT2D eigenvalue weighted by Crippen LogP contribution is 2.26. The van der Waals surface area contributed by atoms with E-state index < -0.39 is 0 Å². The largest absolute Gasteiger partial charge is 0.385 e. The van der Waals surface area contributed by atoms with Crippen molar-refractivity contribution in [3.05, 3.63) is 23.8 Å². The fourth-order valence-electron chi connectivity index (χ4n) is 2.58. The fourth-order valence-corrected chi connectivity index (χ4v) is 2.58. The Hall–Kier alpha value is -1.71. The number of hydrogen-bond donors (Lipinski definition) is 2. The van der Waals surface area contributed by atoms with Crippen LogP contribution in [0.2, 0.25) is 0 Å². The number of carbonyl (C=O) groups excluding carboxylic acids is 1. The molecule has 0 bridgehead atoms. The lowest BCUT2D eigenvalue weighted by Gasteiger charge is -2.26. The molecule has 110 valence electrons. The van der Waals surface area contributed by atoms with Crippen molar-refractivity contribution in [1.29, 1.82) is 0 Å². The quantitative estimate of drug-likeness (QED) is 0.867. The van der Waals surface area contributed by atoms with Gasteiger partial charge >= 0.3 is 0 Å². The molecule has 0 saturated carbocycles. The third kappa shape index (κ3) is 3.65. The molecule has 1 amide bonds. The Bertz CT molecular complexity index is 471.